The molecule has 7 heteroatoms. The van der Waals surface area contributed by atoms with Crippen LogP contribution in [0.25, 0.3) is 6.08 Å². The van der Waals surface area contributed by atoms with Crippen LogP contribution in [0.2, 0.25) is 5.02 Å². The van der Waals surface area contributed by atoms with Crippen molar-refractivity contribution in [2.24, 2.45) is 0 Å². The molecular weight excluding hydrogens is 516 g/mol. The fourth-order valence-electron chi connectivity index (χ4n) is 3.19. The zero-order chi connectivity index (χ0) is 24.5. The largest absolute Gasteiger partial charge is 0.490 e. The molecule has 34 heavy (non-hydrogen) atoms. The molecule has 0 saturated carbocycles. The van der Waals surface area contributed by atoms with Crippen LogP contribution in [0, 0.1) is 11.3 Å². The van der Waals surface area contributed by atoms with Gasteiger partial charge in [-0.1, -0.05) is 70.0 Å². The Bertz CT molecular complexity index is 1210. The van der Waals surface area contributed by atoms with Crippen molar-refractivity contribution < 1.29 is 14.3 Å². The van der Waals surface area contributed by atoms with E-state index in [0.717, 1.165) is 11.1 Å². The highest BCUT2D eigenvalue weighted by Gasteiger charge is 2.16. The first-order valence-electron chi connectivity index (χ1n) is 10.7. The highest BCUT2D eigenvalue weighted by molar-refractivity contribution is 9.10. The summed E-state index contributed by atoms with van der Waals surface area (Å²) in [4.78, 5) is 12.8. The molecule has 0 heterocycles. The predicted molar refractivity (Wildman–Crippen MR) is 138 cm³/mol. The summed E-state index contributed by atoms with van der Waals surface area (Å²) in [6.07, 6.45) is 1.53. The second kappa shape index (κ2) is 12.3. The molecule has 0 aliphatic carbocycles. The van der Waals surface area contributed by atoms with Gasteiger partial charge in [0.25, 0.3) is 5.91 Å². The topological polar surface area (TPSA) is 71.3 Å². The van der Waals surface area contributed by atoms with Gasteiger partial charge in [0.2, 0.25) is 0 Å². The molecule has 0 radical (unpaired) electrons. The Labute approximate surface area is 213 Å². The van der Waals surface area contributed by atoms with Gasteiger partial charge in [-0.2, -0.15) is 5.26 Å². The fourth-order valence-corrected chi connectivity index (χ4v) is 3.75. The smallest absolute Gasteiger partial charge is 0.262 e. The van der Waals surface area contributed by atoms with Gasteiger partial charge in [0.15, 0.2) is 11.5 Å². The Morgan fingerprint density at radius 2 is 1.79 bits per heavy atom. The van der Waals surface area contributed by atoms with Gasteiger partial charge in [-0.05, 0) is 60.9 Å². The highest BCUT2D eigenvalue weighted by Crippen LogP contribution is 2.35. The summed E-state index contributed by atoms with van der Waals surface area (Å²) in [6.45, 7) is 4.52. The Hall–Kier alpha value is -3.27. The summed E-state index contributed by atoms with van der Waals surface area (Å²) in [6, 6.07) is 22.2. The van der Waals surface area contributed by atoms with Gasteiger partial charge >= 0.3 is 0 Å². The van der Waals surface area contributed by atoms with E-state index in [0.29, 0.717) is 39.8 Å². The number of nitriles is 1. The summed E-state index contributed by atoms with van der Waals surface area (Å²) < 4.78 is 12.4. The number of carbonyl (C=O) groups is 1. The van der Waals surface area contributed by atoms with Crippen molar-refractivity contribution in [3.8, 4) is 17.6 Å². The van der Waals surface area contributed by atoms with Gasteiger partial charge in [-0.15, -0.1) is 0 Å². The van der Waals surface area contributed by atoms with E-state index in [2.05, 4.69) is 21.2 Å². The first-order chi connectivity index (χ1) is 16.4. The van der Waals surface area contributed by atoms with Gasteiger partial charge in [0.1, 0.15) is 18.2 Å². The molecule has 1 N–H and O–H groups in total. The van der Waals surface area contributed by atoms with Crippen LogP contribution in [-0.2, 0) is 11.4 Å². The lowest BCUT2D eigenvalue weighted by molar-refractivity contribution is -0.117. The van der Waals surface area contributed by atoms with E-state index in [1.807, 2.05) is 62.4 Å². The third-order valence-corrected chi connectivity index (χ3v) is 5.92. The van der Waals surface area contributed by atoms with Crippen LogP contribution in [0.4, 0.5) is 0 Å². The van der Waals surface area contributed by atoms with Crippen molar-refractivity contribution in [3.63, 3.8) is 0 Å². The van der Waals surface area contributed by atoms with Crippen LogP contribution in [0.3, 0.4) is 0 Å². The third kappa shape index (κ3) is 6.86. The number of nitrogens with one attached hydrogen (secondary N) is 1. The molecule has 0 fully saturated rings. The Morgan fingerprint density at radius 1 is 1.12 bits per heavy atom. The minimum Gasteiger partial charge on any atom is -0.490 e. The molecule has 5 nitrogen and oxygen atoms in total. The van der Waals surface area contributed by atoms with Gasteiger partial charge in [0.05, 0.1) is 12.6 Å². The first kappa shape index (κ1) is 25.4. The molecule has 0 saturated heterocycles. The molecule has 0 aliphatic rings. The van der Waals surface area contributed by atoms with Crippen molar-refractivity contribution in [2.75, 3.05) is 6.61 Å². The number of ether oxygens (including phenoxy) is 2. The van der Waals surface area contributed by atoms with E-state index >= 15 is 0 Å². The number of nitrogens with zero attached hydrogens (tertiary/aromatic N) is 1. The predicted octanol–water partition coefficient (Wildman–Crippen LogP) is 6.86. The molecule has 1 atom stereocenters. The van der Waals surface area contributed by atoms with E-state index in [1.165, 1.54) is 6.08 Å². The number of amides is 1. The lowest BCUT2D eigenvalue weighted by atomic mass is 10.1. The first-order valence-corrected chi connectivity index (χ1v) is 11.9. The number of hydrogen-bond donors (Lipinski definition) is 1. The molecule has 3 aromatic rings. The van der Waals surface area contributed by atoms with Crippen LogP contribution >= 0.6 is 27.5 Å². The van der Waals surface area contributed by atoms with Crippen molar-refractivity contribution in [2.45, 2.75) is 26.5 Å². The monoisotopic (exact) mass is 538 g/mol. The number of carbonyl (C=O) groups excluding carboxylic acids is 1. The van der Waals surface area contributed by atoms with Gasteiger partial charge in [0, 0.05) is 9.50 Å². The van der Waals surface area contributed by atoms with Crippen molar-refractivity contribution in [1.82, 2.24) is 5.32 Å². The zero-order valence-corrected chi connectivity index (χ0v) is 21.2. The van der Waals surface area contributed by atoms with Crippen LogP contribution in [0.5, 0.6) is 11.5 Å². The van der Waals surface area contributed by atoms with Crippen LogP contribution < -0.4 is 14.8 Å². The van der Waals surface area contributed by atoms with Gasteiger partial charge in [-0.3, -0.25) is 4.79 Å². The minimum atomic E-state index is -0.452. The number of hydrogen-bond acceptors (Lipinski definition) is 4. The normalized spacial score (nSPS) is 11.9. The molecule has 3 rings (SSSR count). The summed E-state index contributed by atoms with van der Waals surface area (Å²) >= 11 is 9.47. The van der Waals surface area contributed by atoms with E-state index < -0.39 is 5.91 Å². The van der Waals surface area contributed by atoms with E-state index in [-0.39, 0.29) is 11.6 Å². The standard InChI is InChI=1S/C27H24BrClN2O3/c1-3-33-25-14-21(24(28)15-26(25)34-17-19-9-11-23(29)12-10-19)13-22(16-30)27(32)31-18(2)20-7-5-4-6-8-20/h4-15,18H,3,17H2,1-2H3,(H,31,32)/b22-13-/t18-/m0/s1. The molecule has 0 aromatic heterocycles. The van der Waals surface area contributed by atoms with Gasteiger partial charge in [-0.25, -0.2) is 0 Å². The Kier molecular flexibility index (Phi) is 9.15. The van der Waals surface area contributed by atoms with E-state index in [9.17, 15) is 10.1 Å². The number of rotatable bonds is 9. The maximum atomic E-state index is 12.8. The summed E-state index contributed by atoms with van der Waals surface area (Å²) in [5.41, 5.74) is 2.53. The number of halogens is 2. The minimum absolute atomic E-state index is 0.0132. The zero-order valence-electron chi connectivity index (χ0n) is 18.8. The fraction of sp³-hybridized carbons (Fsp3) is 0.185. The molecular formula is C27H24BrClN2O3. The molecule has 3 aromatic carbocycles. The van der Waals surface area contributed by atoms with Crippen molar-refractivity contribution in [3.05, 3.63) is 98.5 Å². The van der Waals surface area contributed by atoms with Crippen LogP contribution in [0.15, 0.2) is 76.8 Å². The molecule has 0 spiro atoms. The quantitative estimate of drug-likeness (QED) is 0.238. The second-order valence-electron chi connectivity index (χ2n) is 7.44. The van der Waals surface area contributed by atoms with Crippen LogP contribution in [-0.4, -0.2) is 12.5 Å². The molecule has 1 amide bonds. The summed E-state index contributed by atoms with van der Waals surface area (Å²) in [5.74, 6) is 0.606. The molecule has 0 unspecified atom stereocenters. The van der Waals surface area contributed by atoms with Crippen molar-refractivity contribution in [1.29, 1.82) is 5.26 Å². The van der Waals surface area contributed by atoms with E-state index in [4.69, 9.17) is 21.1 Å². The van der Waals surface area contributed by atoms with Crippen LogP contribution in [0.1, 0.15) is 36.6 Å². The van der Waals surface area contributed by atoms with E-state index in [1.54, 1.807) is 24.3 Å². The maximum absolute atomic E-state index is 12.8. The lowest BCUT2D eigenvalue weighted by Gasteiger charge is -2.15. The highest BCUT2D eigenvalue weighted by atomic mass is 79.9. The Morgan fingerprint density at radius 3 is 2.44 bits per heavy atom. The summed E-state index contributed by atoms with van der Waals surface area (Å²) in [5, 5.41) is 13.2. The average Bonchev–Trinajstić information content (AvgIpc) is 2.84. The molecule has 174 valence electrons. The maximum Gasteiger partial charge on any atom is 0.262 e. The molecule has 0 bridgehead atoms. The SMILES string of the molecule is CCOc1cc(/C=C(/C#N)C(=O)N[C@@H](C)c2ccccc2)c(Br)cc1OCc1ccc(Cl)cc1. The second-order valence-corrected chi connectivity index (χ2v) is 8.74. The Balaban J connectivity index is 1.81. The van der Waals surface area contributed by atoms with Gasteiger partial charge < -0.3 is 14.8 Å². The van der Waals surface area contributed by atoms with Crippen molar-refractivity contribution >= 4 is 39.5 Å². The third-order valence-electron chi connectivity index (χ3n) is 4.98. The molecule has 0 aliphatic heterocycles. The average molecular weight is 540 g/mol. The number of benzene rings is 3. The summed E-state index contributed by atoms with van der Waals surface area (Å²) in [7, 11) is 0. The lowest BCUT2D eigenvalue weighted by Crippen LogP contribution is -2.27.